The Hall–Kier alpha value is -1.53. The summed E-state index contributed by atoms with van der Waals surface area (Å²) in [6.07, 6.45) is 7.58. The number of methoxy groups -OCH3 is 1. The Bertz CT molecular complexity index is 624. The molecule has 0 radical (unpaired) electrons. The highest BCUT2D eigenvalue weighted by Crippen LogP contribution is 2.26. The van der Waals surface area contributed by atoms with Crippen LogP contribution in [0.3, 0.4) is 0 Å². The van der Waals surface area contributed by atoms with Crippen molar-refractivity contribution >= 4 is 15.7 Å². The second kappa shape index (κ2) is 6.95. The number of rotatable bonds is 6. The van der Waals surface area contributed by atoms with Crippen molar-refractivity contribution < 1.29 is 13.2 Å². The fourth-order valence-electron chi connectivity index (χ4n) is 2.46. The molecule has 3 N–H and O–H groups in total. The van der Waals surface area contributed by atoms with Crippen molar-refractivity contribution in [2.45, 2.75) is 37.0 Å². The third-order valence-corrected chi connectivity index (χ3v) is 5.08. The van der Waals surface area contributed by atoms with Gasteiger partial charge in [0.05, 0.1) is 7.11 Å². The van der Waals surface area contributed by atoms with Gasteiger partial charge in [-0.05, 0) is 50.3 Å². The zero-order valence-electron chi connectivity index (χ0n) is 12.3. The van der Waals surface area contributed by atoms with Gasteiger partial charge < -0.3 is 10.5 Å². The summed E-state index contributed by atoms with van der Waals surface area (Å²) in [5, 5.41) is 0. The van der Waals surface area contributed by atoms with Gasteiger partial charge in [0, 0.05) is 12.2 Å². The van der Waals surface area contributed by atoms with Gasteiger partial charge in [0.2, 0.25) is 10.0 Å². The number of sulfonamides is 1. The number of nitrogens with one attached hydrogen (secondary N) is 1. The normalized spacial score (nSPS) is 15.6. The molecule has 0 fully saturated rings. The van der Waals surface area contributed by atoms with Crippen LogP contribution < -0.4 is 15.2 Å². The van der Waals surface area contributed by atoms with Crippen LogP contribution in [0.4, 0.5) is 5.69 Å². The first-order valence-electron chi connectivity index (χ1n) is 7.14. The molecule has 0 saturated heterocycles. The molecule has 2 rings (SSSR count). The first kappa shape index (κ1) is 15.9. The number of nitrogens with two attached hydrogens (primary N) is 1. The number of nitrogen functional groups attached to an aromatic ring is 1. The van der Waals surface area contributed by atoms with Crippen LogP contribution >= 0.6 is 0 Å². The molecule has 0 heterocycles. The van der Waals surface area contributed by atoms with Crippen LogP contribution in [0, 0.1) is 0 Å². The van der Waals surface area contributed by atoms with Crippen LogP contribution in [0.2, 0.25) is 0 Å². The molecule has 21 heavy (non-hydrogen) atoms. The summed E-state index contributed by atoms with van der Waals surface area (Å²) in [5.74, 6) is 0.300. The second-order valence-electron chi connectivity index (χ2n) is 5.17. The van der Waals surface area contributed by atoms with E-state index in [0.29, 0.717) is 18.0 Å². The maximum atomic E-state index is 12.3. The fraction of sp³-hybridized carbons (Fsp3) is 0.467. The van der Waals surface area contributed by atoms with E-state index in [1.807, 2.05) is 0 Å². The van der Waals surface area contributed by atoms with Crippen LogP contribution in [-0.2, 0) is 10.0 Å². The van der Waals surface area contributed by atoms with Crippen molar-refractivity contribution in [3.05, 3.63) is 29.8 Å². The van der Waals surface area contributed by atoms with Gasteiger partial charge in [0.15, 0.2) is 0 Å². The summed E-state index contributed by atoms with van der Waals surface area (Å²) < 4.78 is 32.4. The van der Waals surface area contributed by atoms with E-state index in [4.69, 9.17) is 10.5 Å². The molecule has 1 aliphatic carbocycles. The second-order valence-corrected chi connectivity index (χ2v) is 6.90. The van der Waals surface area contributed by atoms with E-state index < -0.39 is 10.0 Å². The van der Waals surface area contributed by atoms with E-state index in [1.54, 1.807) is 12.1 Å². The van der Waals surface area contributed by atoms with E-state index >= 15 is 0 Å². The molecule has 1 aliphatic rings. The molecular formula is C15H22N2O3S. The predicted molar refractivity (Wildman–Crippen MR) is 83.8 cm³/mol. The van der Waals surface area contributed by atoms with Gasteiger partial charge in [-0.1, -0.05) is 11.6 Å². The molecule has 116 valence electrons. The van der Waals surface area contributed by atoms with E-state index in [0.717, 1.165) is 19.3 Å². The number of hydrogen-bond acceptors (Lipinski definition) is 4. The molecular weight excluding hydrogens is 288 g/mol. The minimum absolute atomic E-state index is 0.0858. The number of hydrogen-bond donors (Lipinski definition) is 2. The average Bonchev–Trinajstić information content (AvgIpc) is 2.48. The number of allylic oxidation sites excluding steroid dienone is 1. The first-order valence-corrected chi connectivity index (χ1v) is 8.62. The van der Waals surface area contributed by atoms with Crippen molar-refractivity contribution in [1.29, 1.82) is 0 Å². The van der Waals surface area contributed by atoms with E-state index in [9.17, 15) is 8.42 Å². The van der Waals surface area contributed by atoms with Gasteiger partial charge in [-0.2, -0.15) is 0 Å². The Labute approximate surface area is 126 Å². The van der Waals surface area contributed by atoms with Crippen molar-refractivity contribution in [2.75, 3.05) is 19.4 Å². The Kier molecular flexibility index (Phi) is 5.25. The molecule has 1 aromatic carbocycles. The highest BCUT2D eigenvalue weighted by atomic mass is 32.2. The molecule has 1 aromatic rings. The fourth-order valence-corrected chi connectivity index (χ4v) is 3.69. The maximum absolute atomic E-state index is 12.3. The summed E-state index contributed by atoms with van der Waals surface area (Å²) in [4.78, 5) is 0.0858. The topological polar surface area (TPSA) is 81.4 Å². The van der Waals surface area contributed by atoms with Crippen LogP contribution in [0.5, 0.6) is 5.75 Å². The van der Waals surface area contributed by atoms with Crippen molar-refractivity contribution in [3.63, 3.8) is 0 Å². The number of benzene rings is 1. The smallest absolute Gasteiger partial charge is 0.244 e. The van der Waals surface area contributed by atoms with E-state index in [1.165, 1.54) is 31.6 Å². The largest absolute Gasteiger partial charge is 0.495 e. The van der Waals surface area contributed by atoms with Crippen molar-refractivity contribution in [2.24, 2.45) is 0 Å². The summed E-state index contributed by atoms with van der Waals surface area (Å²) in [7, 11) is -2.17. The quantitative estimate of drug-likeness (QED) is 0.624. The van der Waals surface area contributed by atoms with Gasteiger partial charge in [0.1, 0.15) is 10.6 Å². The van der Waals surface area contributed by atoms with Gasteiger partial charge >= 0.3 is 0 Å². The molecule has 0 spiro atoms. The molecule has 0 aliphatic heterocycles. The van der Waals surface area contributed by atoms with Gasteiger partial charge in [-0.3, -0.25) is 0 Å². The molecule has 0 amide bonds. The van der Waals surface area contributed by atoms with Gasteiger partial charge in [0.25, 0.3) is 0 Å². The summed E-state index contributed by atoms with van der Waals surface area (Å²) in [5.41, 5.74) is 7.40. The maximum Gasteiger partial charge on any atom is 0.244 e. The molecule has 0 unspecified atom stereocenters. The Morgan fingerprint density at radius 2 is 2.14 bits per heavy atom. The minimum atomic E-state index is -3.61. The molecule has 0 bridgehead atoms. The van der Waals surface area contributed by atoms with Gasteiger partial charge in [-0.25, -0.2) is 13.1 Å². The SMILES string of the molecule is COc1ccc(N)cc1S(=O)(=O)NCCC1=CCCCC1. The lowest BCUT2D eigenvalue weighted by Crippen LogP contribution is -2.25. The third kappa shape index (κ3) is 4.22. The van der Waals surface area contributed by atoms with Crippen LogP contribution in [0.1, 0.15) is 32.1 Å². The summed E-state index contributed by atoms with van der Waals surface area (Å²) in [6, 6.07) is 4.60. The van der Waals surface area contributed by atoms with Crippen LogP contribution in [0.25, 0.3) is 0 Å². The number of ether oxygens (including phenoxy) is 1. The Balaban J connectivity index is 2.04. The highest BCUT2D eigenvalue weighted by molar-refractivity contribution is 7.89. The van der Waals surface area contributed by atoms with Gasteiger partial charge in [-0.15, -0.1) is 0 Å². The number of anilines is 1. The zero-order valence-corrected chi connectivity index (χ0v) is 13.1. The molecule has 6 heteroatoms. The summed E-state index contributed by atoms with van der Waals surface area (Å²) >= 11 is 0. The highest BCUT2D eigenvalue weighted by Gasteiger charge is 2.19. The first-order chi connectivity index (χ1) is 10.0. The standard InChI is InChI=1S/C15H22N2O3S/c1-20-14-8-7-13(16)11-15(14)21(18,19)17-10-9-12-5-3-2-4-6-12/h5,7-8,11,17H,2-4,6,9-10,16H2,1H3. The monoisotopic (exact) mass is 310 g/mol. The molecule has 0 aromatic heterocycles. The third-order valence-electron chi connectivity index (χ3n) is 3.60. The lowest BCUT2D eigenvalue weighted by Gasteiger charge is -2.14. The Morgan fingerprint density at radius 1 is 1.33 bits per heavy atom. The lowest BCUT2D eigenvalue weighted by atomic mass is 9.97. The summed E-state index contributed by atoms with van der Waals surface area (Å²) in [6.45, 7) is 0.395. The molecule has 0 atom stereocenters. The van der Waals surface area contributed by atoms with E-state index in [-0.39, 0.29) is 4.90 Å². The molecule has 0 saturated carbocycles. The molecule has 5 nitrogen and oxygen atoms in total. The Morgan fingerprint density at radius 3 is 2.81 bits per heavy atom. The zero-order chi connectivity index (χ0) is 15.3. The minimum Gasteiger partial charge on any atom is -0.495 e. The predicted octanol–water partition coefficient (Wildman–Crippen LogP) is 2.45. The van der Waals surface area contributed by atoms with E-state index in [2.05, 4.69) is 10.8 Å². The average molecular weight is 310 g/mol. The van der Waals surface area contributed by atoms with Crippen molar-refractivity contribution in [3.8, 4) is 5.75 Å². The van der Waals surface area contributed by atoms with Crippen LogP contribution in [0.15, 0.2) is 34.7 Å². The lowest BCUT2D eigenvalue weighted by molar-refractivity contribution is 0.402. The van der Waals surface area contributed by atoms with Crippen LogP contribution in [-0.4, -0.2) is 22.1 Å². The van der Waals surface area contributed by atoms with Crippen molar-refractivity contribution in [1.82, 2.24) is 4.72 Å².